The first-order valence-corrected chi connectivity index (χ1v) is 10.7. The van der Waals surface area contributed by atoms with Crippen molar-refractivity contribution in [2.45, 2.75) is 32.7 Å². The SMILES string of the molecule is CC(C)C(NC(=O)c1ccccc1Cl)C(=O)N1CCC(C(=O)c2ccccc2)CC1. The van der Waals surface area contributed by atoms with Crippen molar-refractivity contribution >= 4 is 29.2 Å². The predicted molar refractivity (Wildman–Crippen MR) is 118 cm³/mol. The van der Waals surface area contributed by atoms with Crippen LogP contribution in [0.4, 0.5) is 0 Å². The number of Topliss-reactive ketones (excluding diaryl/α,β-unsaturated/α-hetero) is 1. The minimum absolute atomic E-state index is 0.0763. The number of carbonyl (C=O) groups excluding carboxylic acids is 3. The largest absolute Gasteiger partial charge is 0.341 e. The molecule has 5 nitrogen and oxygen atoms in total. The van der Waals surface area contributed by atoms with Gasteiger partial charge in [-0.2, -0.15) is 0 Å². The summed E-state index contributed by atoms with van der Waals surface area (Å²) in [5.41, 5.74) is 1.07. The molecule has 1 fully saturated rings. The lowest BCUT2D eigenvalue weighted by atomic mass is 9.88. The topological polar surface area (TPSA) is 66.5 Å². The maximum atomic E-state index is 13.1. The molecular formula is C24H27ClN2O3. The fraction of sp³-hybridized carbons (Fsp3) is 0.375. The minimum Gasteiger partial charge on any atom is -0.341 e. The molecule has 0 spiro atoms. The first-order valence-electron chi connectivity index (χ1n) is 10.3. The second kappa shape index (κ2) is 9.90. The molecule has 0 aliphatic carbocycles. The van der Waals surface area contributed by atoms with Crippen LogP contribution in [-0.2, 0) is 4.79 Å². The Morgan fingerprint density at radius 2 is 1.57 bits per heavy atom. The summed E-state index contributed by atoms with van der Waals surface area (Å²) in [5, 5.41) is 3.20. The second-order valence-electron chi connectivity index (χ2n) is 8.00. The van der Waals surface area contributed by atoms with E-state index in [2.05, 4.69) is 5.32 Å². The normalized spacial score (nSPS) is 15.7. The summed E-state index contributed by atoms with van der Waals surface area (Å²) in [7, 11) is 0. The lowest BCUT2D eigenvalue weighted by Crippen LogP contribution is -2.53. The Hall–Kier alpha value is -2.66. The standard InChI is InChI=1S/C24H27ClN2O3/c1-16(2)21(26-23(29)19-10-6-7-11-20(19)25)24(30)27-14-12-18(13-15-27)22(28)17-8-4-3-5-9-17/h3-11,16,18,21H,12-15H2,1-2H3,(H,26,29). The number of rotatable bonds is 6. The molecule has 1 saturated heterocycles. The quantitative estimate of drug-likeness (QED) is 0.703. The molecule has 2 amide bonds. The summed E-state index contributed by atoms with van der Waals surface area (Å²) in [6.45, 7) is 4.82. The maximum Gasteiger partial charge on any atom is 0.253 e. The van der Waals surface area contributed by atoms with Crippen LogP contribution in [0.2, 0.25) is 5.02 Å². The molecule has 0 aromatic heterocycles. The molecule has 2 aromatic rings. The Labute approximate surface area is 182 Å². The molecule has 1 unspecified atom stereocenters. The molecule has 0 radical (unpaired) electrons. The summed E-state index contributed by atoms with van der Waals surface area (Å²) in [4.78, 5) is 40.2. The van der Waals surface area contributed by atoms with E-state index in [4.69, 9.17) is 11.6 Å². The van der Waals surface area contributed by atoms with Gasteiger partial charge in [-0.05, 0) is 30.9 Å². The van der Waals surface area contributed by atoms with Gasteiger partial charge in [-0.25, -0.2) is 0 Å². The smallest absolute Gasteiger partial charge is 0.253 e. The third kappa shape index (κ3) is 5.08. The molecule has 6 heteroatoms. The summed E-state index contributed by atoms with van der Waals surface area (Å²) in [6.07, 6.45) is 1.26. The highest BCUT2D eigenvalue weighted by Crippen LogP contribution is 2.23. The lowest BCUT2D eigenvalue weighted by molar-refractivity contribution is -0.135. The monoisotopic (exact) mass is 426 g/mol. The van der Waals surface area contributed by atoms with Crippen LogP contribution in [0.25, 0.3) is 0 Å². The average molecular weight is 427 g/mol. The van der Waals surface area contributed by atoms with E-state index >= 15 is 0 Å². The molecule has 2 aromatic carbocycles. The predicted octanol–water partition coefficient (Wildman–Crippen LogP) is 4.22. The van der Waals surface area contributed by atoms with Crippen LogP contribution in [0.5, 0.6) is 0 Å². The van der Waals surface area contributed by atoms with E-state index in [1.807, 2.05) is 44.2 Å². The zero-order valence-corrected chi connectivity index (χ0v) is 18.1. The Balaban J connectivity index is 1.62. The molecule has 1 aliphatic heterocycles. The van der Waals surface area contributed by atoms with Crippen LogP contribution >= 0.6 is 11.6 Å². The highest BCUT2D eigenvalue weighted by atomic mass is 35.5. The van der Waals surface area contributed by atoms with E-state index in [1.54, 1.807) is 29.2 Å². The van der Waals surface area contributed by atoms with Crippen molar-refractivity contribution < 1.29 is 14.4 Å². The van der Waals surface area contributed by atoms with Crippen LogP contribution in [0.15, 0.2) is 54.6 Å². The first kappa shape index (κ1) is 22.0. The number of hydrogen-bond acceptors (Lipinski definition) is 3. The number of ketones is 1. The fourth-order valence-corrected chi connectivity index (χ4v) is 4.00. The second-order valence-corrected chi connectivity index (χ2v) is 8.41. The number of nitrogens with one attached hydrogen (secondary N) is 1. The van der Waals surface area contributed by atoms with E-state index in [0.29, 0.717) is 42.1 Å². The maximum absolute atomic E-state index is 13.1. The van der Waals surface area contributed by atoms with E-state index in [1.165, 1.54) is 0 Å². The number of likely N-dealkylation sites (tertiary alicyclic amines) is 1. The third-order valence-corrected chi connectivity index (χ3v) is 5.90. The molecule has 0 bridgehead atoms. The zero-order valence-electron chi connectivity index (χ0n) is 17.3. The molecule has 3 rings (SSSR count). The van der Waals surface area contributed by atoms with Gasteiger partial charge < -0.3 is 10.2 Å². The molecule has 30 heavy (non-hydrogen) atoms. The Morgan fingerprint density at radius 1 is 0.967 bits per heavy atom. The van der Waals surface area contributed by atoms with E-state index in [-0.39, 0.29) is 29.4 Å². The highest BCUT2D eigenvalue weighted by Gasteiger charge is 2.33. The number of halogens is 1. The van der Waals surface area contributed by atoms with Gasteiger partial charge in [0, 0.05) is 24.6 Å². The van der Waals surface area contributed by atoms with Crippen LogP contribution in [0.3, 0.4) is 0 Å². The van der Waals surface area contributed by atoms with Crippen LogP contribution in [0, 0.1) is 11.8 Å². The number of hydrogen-bond donors (Lipinski definition) is 1. The van der Waals surface area contributed by atoms with Crippen molar-refractivity contribution in [3.05, 3.63) is 70.7 Å². The van der Waals surface area contributed by atoms with Gasteiger partial charge >= 0.3 is 0 Å². The van der Waals surface area contributed by atoms with Crippen LogP contribution in [-0.4, -0.2) is 41.6 Å². The molecule has 158 valence electrons. The van der Waals surface area contributed by atoms with E-state index in [9.17, 15) is 14.4 Å². The molecule has 0 saturated carbocycles. The molecule has 1 N–H and O–H groups in total. The Bertz CT molecular complexity index is 906. The molecule has 1 atom stereocenters. The van der Waals surface area contributed by atoms with Gasteiger partial charge in [0.1, 0.15) is 6.04 Å². The first-order chi connectivity index (χ1) is 14.4. The summed E-state index contributed by atoms with van der Waals surface area (Å²) in [6, 6.07) is 15.4. The summed E-state index contributed by atoms with van der Waals surface area (Å²) in [5.74, 6) is -0.493. The van der Waals surface area contributed by atoms with Gasteiger partial charge in [0.25, 0.3) is 5.91 Å². The zero-order chi connectivity index (χ0) is 21.7. The van der Waals surface area contributed by atoms with Crippen molar-refractivity contribution in [2.24, 2.45) is 11.8 Å². The number of amides is 2. The van der Waals surface area contributed by atoms with E-state index in [0.717, 1.165) is 0 Å². The molecule has 1 heterocycles. The van der Waals surface area contributed by atoms with Gasteiger partial charge in [-0.15, -0.1) is 0 Å². The van der Waals surface area contributed by atoms with Crippen molar-refractivity contribution in [1.29, 1.82) is 0 Å². The minimum atomic E-state index is -0.643. The summed E-state index contributed by atoms with van der Waals surface area (Å²) < 4.78 is 0. The van der Waals surface area contributed by atoms with Crippen molar-refractivity contribution in [3.63, 3.8) is 0 Å². The van der Waals surface area contributed by atoms with Gasteiger partial charge in [-0.1, -0.05) is 67.9 Å². The van der Waals surface area contributed by atoms with Crippen LogP contribution < -0.4 is 5.32 Å². The lowest BCUT2D eigenvalue weighted by Gasteiger charge is -2.35. The van der Waals surface area contributed by atoms with E-state index < -0.39 is 6.04 Å². The van der Waals surface area contributed by atoms with Crippen LogP contribution in [0.1, 0.15) is 47.4 Å². The third-order valence-electron chi connectivity index (χ3n) is 5.57. The fourth-order valence-electron chi connectivity index (χ4n) is 3.77. The number of piperidine rings is 1. The molecular weight excluding hydrogens is 400 g/mol. The Morgan fingerprint density at radius 3 is 2.17 bits per heavy atom. The van der Waals surface area contributed by atoms with Gasteiger partial charge in [-0.3, -0.25) is 14.4 Å². The van der Waals surface area contributed by atoms with Gasteiger partial charge in [0.15, 0.2) is 5.78 Å². The number of benzene rings is 2. The van der Waals surface area contributed by atoms with Gasteiger partial charge in [0.05, 0.1) is 10.6 Å². The van der Waals surface area contributed by atoms with Crippen molar-refractivity contribution in [2.75, 3.05) is 13.1 Å². The number of nitrogens with zero attached hydrogens (tertiary/aromatic N) is 1. The number of carbonyl (C=O) groups is 3. The average Bonchev–Trinajstić information content (AvgIpc) is 2.77. The van der Waals surface area contributed by atoms with Crippen molar-refractivity contribution in [3.8, 4) is 0 Å². The Kier molecular flexibility index (Phi) is 7.27. The highest BCUT2D eigenvalue weighted by molar-refractivity contribution is 6.33. The van der Waals surface area contributed by atoms with Gasteiger partial charge in [0.2, 0.25) is 5.91 Å². The molecule has 1 aliphatic rings. The van der Waals surface area contributed by atoms with Crippen molar-refractivity contribution in [1.82, 2.24) is 10.2 Å². The summed E-state index contributed by atoms with van der Waals surface area (Å²) >= 11 is 6.12.